The van der Waals surface area contributed by atoms with Gasteiger partial charge in [-0.3, -0.25) is 14.5 Å². The summed E-state index contributed by atoms with van der Waals surface area (Å²) < 4.78 is 15.5. The zero-order chi connectivity index (χ0) is 29.8. The van der Waals surface area contributed by atoms with Crippen molar-refractivity contribution in [3.05, 3.63) is 65.7 Å². The number of nitrogens with zero attached hydrogens (tertiary/aromatic N) is 1. The standard InChI is InChI=1S/C30H39N3O7S/c1-5-38-26(34)17-16-25(28(36)39-6-2)32-27(35)22-12-14-23(15-13-22)31-18-24-19-33(30(3,4)41-24)29(37)40-20-21-10-8-7-9-11-21/h7-15,24-25,31H,5-6,16-20H2,1-4H3,(H,32,35)/t24?,25-/m0/s1. The van der Waals surface area contributed by atoms with E-state index in [0.717, 1.165) is 11.3 Å². The summed E-state index contributed by atoms with van der Waals surface area (Å²) >= 11 is 1.70. The molecule has 1 saturated heterocycles. The third kappa shape index (κ3) is 9.70. The molecule has 1 aliphatic rings. The molecule has 10 nitrogen and oxygen atoms in total. The molecule has 41 heavy (non-hydrogen) atoms. The van der Waals surface area contributed by atoms with Crippen LogP contribution in [0, 0.1) is 0 Å². The minimum Gasteiger partial charge on any atom is -0.466 e. The van der Waals surface area contributed by atoms with E-state index in [2.05, 4.69) is 10.6 Å². The predicted octanol–water partition coefficient (Wildman–Crippen LogP) is 4.59. The second-order valence-electron chi connectivity index (χ2n) is 9.92. The van der Waals surface area contributed by atoms with Gasteiger partial charge in [0.2, 0.25) is 0 Å². The van der Waals surface area contributed by atoms with Crippen molar-refractivity contribution in [1.82, 2.24) is 10.2 Å². The fourth-order valence-electron chi connectivity index (χ4n) is 4.33. The van der Waals surface area contributed by atoms with Crippen LogP contribution in [0.2, 0.25) is 0 Å². The normalized spacial score (nSPS) is 16.4. The van der Waals surface area contributed by atoms with Gasteiger partial charge in [0.1, 0.15) is 12.6 Å². The number of thioether (sulfide) groups is 1. The number of amides is 2. The molecule has 3 rings (SSSR count). The molecule has 0 aliphatic carbocycles. The summed E-state index contributed by atoms with van der Waals surface area (Å²) in [5, 5.41) is 6.17. The molecule has 1 unspecified atom stereocenters. The highest BCUT2D eigenvalue weighted by Crippen LogP contribution is 2.40. The number of carbonyl (C=O) groups excluding carboxylic acids is 4. The minimum atomic E-state index is -0.963. The van der Waals surface area contributed by atoms with Crippen LogP contribution in [-0.4, -0.2) is 71.3 Å². The molecule has 222 valence electrons. The molecule has 2 atom stereocenters. The average molecular weight is 586 g/mol. The molecule has 1 aliphatic heterocycles. The van der Waals surface area contributed by atoms with E-state index in [0.29, 0.717) is 18.7 Å². The van der Waals surface area contributed by atoms with Crippen LogP contribution in [0.5, 0.6) is 0 Å². The Morgan fingerprint density at radius 3 is 2.32 bits per heavy atom. The first-order valence-electron chi connectivity index (χ1n) is 13.8. The Bertz CT molecular complexity index is 1170. The van der Waals surface area contributed by atoms with Gasteiger partial charge < -0.3 is 24.8 Å². The Morgan fingerprint density at radius 2 is 1.66 bits per heavy atom. The number of rotatable bonds is 13. The van der Waals surface area contributed by atoms with E-state index < -0.39 is 28.8 Å². The van der Waals surface area contributed by atoms with Gasteiger partial charge in [-0.2, -0.15) is 0 Å². The quantitative estimate of drug-likeness (QED) is 0.257. The summed E-state index contributed by atoms with van der Waals surface area (Å²) in [5.41, 5.74) is 2.12. The molecule has 1 fully saturated rings. The van der Waals surface area contributed by atoms with Gasteiger partial charge >= 0.3 is 18.0 Å². The minimum absolute atomic E-state index is 0.0153. The molecule has 0 radical (unpaired) electrons. The SMILES string of the molecule is CCOC(=O)CC[C@H](NC(=O)c1ccc(NCC2CN(C(=O)OCc3ccccc3)C(C)(C)S2)cc1)C(=O)OCC. The lowest BCUT2D eigenvalue weighted by atomic mass is 10.1. The molecule has 11 heteroatoms. The number of benzene rings is 2. The van der Waals surface area contributed by atoms with Crippen LogP contribution in [0.3, 0.4) is 0 Å². The van der Waals surface area contributed by atoms with Crippen molar-refractivity contribution in [1.29, 1.82) is 0 Å². The van der Waals surface area contributed by atoms with Crippen molar-refractivity contribution in [2.24, 2.45) is 0 Å². The molecule has 0 spiro atoms. The van der Waals surface area contributed by atoms with Gasteiger partial charge in [0.25, 0.3) is 5.91 Å². The number of carbonyl (C=O) groups is 4. The molecule has 0 bridgehead atoms. The summed E-state index contributed by atoms with van der Waals surface area (Å²) in [6, 6.07) is 15.5. The second kappa shape index (κ2) is 15.3. The van der Waals surface area contributed by atoms with Crippen LogP contribution in [0.4, 0.5) is 10.5 Å². The van der Waals surface area contributed by atoms with Crippen LogP contribution in [-0.2, 0) is 30.4 Å². The van der Waals surface area contributed by atoms with E-state index in [4.69, 9.17) is 14.2 Å². The summed E-state index contributed by atoms with van der Waals surface area (Å²) in [4.78, 5) is 51.0. The van der Waals surface area contributed by atoms with Gasteiger partial charge in [-0.05, 0) is 63.9 Å². The molecule has 2 amide bonds. The number of anilines is 1. The van der Waals surface area contributed by atoms with Crippen molar-refractivity contribution in [2.75, 3.05) is 31.6 Å². The summed E-state index contributed by atoms with van der Waals surface area (Å²) in [5.74, 6) is -1.49. The Hall–Kier alpha value is -3.73. The number of ether oxygens (including phenoxy) is 3. The Morgan fingerprint density at radius 1 is 0.976 bits per heavy atom. The van der Waals surface area contributed by atoms with E-state index in [-0.39, 0.29) is 44.0 Å². The number of hydrogen-bond acceptors (Lipinski definition) is 9. The van der Waals surface area contributed by atoms with Crippen LogP contribution in [0.1, 0.15) is 56.5 Å². The van der Waals surface area contributed by atoms with Crippen LogP contribution in [0.25, 0.3) is 0 Å². The second-order valence-corrected chi connectivity index (χ2v) is 11.8. The molecular formula is C30H39N3O7S. The topological polar surface area (TPSA) is 123 Å². The van der Waals surface area contributed by atoms with E-state index in [9.17, 15) is 19.2 Å². The number of nitrogens with one attached hydrogen (secondary N) is 2. The fraction of sp³-hybridized carbons (Fsp3) is 0.467. The van der Waals surface area contributed by atoms with E-state index >= 15 is 0 Å². The number of esters is 2. The van der Waals surface area contributed by atoms with Gasteiger partial charge in [0.05, 0.1) is 18.1 Å². The van der Waals surface area contributed by atoms with E-state index in [1.54, 1.807) is 54.8 Å². The summed E-state index contributed by atoms with van der Waals surface area (Å²) in [7, 11) is 0. The molecule has 0 aromatic heterocycles. The molecule has 2 aromatic rings. The van der Waals surface area contributed by atoms with Crippen LogP contribution >= 0.6 is 11.8 Å². The first kappa shape index (κ1) is 31.8. The maximum Gasteiger partial charge on any atom is 0.411 e. The maximum atomic E-state index is 12.8. The monoisotopic (exact) mass is 585 g/mol. The van der Waals surface area contributed by atoms with Crippen LogP contribution in [0.15, 0.2) is 54.6 Å². The zero-order valence-corrected chi connectivity index (χ0v) is 24.8. The van der Waals surface area contributed by atoms with E-state index in [1.807, 2.05) is 44.2 Å². The van der Waals surface area contributed by atoms with Gasteiger partial charge in [0.15, 0.2) is 0 Å². The third-order valence-corrected chi connectivity index (χ3v) is 7.86. The molecule has 2 N–H and O–H groups in total. The van der Waals surface area contributed by atoms with Crippen molar-refractivity contribution in [3.63, 3.8) is 0 Å². The smallest absolute Gasteiger partial charge is 0.411 e. The largest absolute Gasteiger partial charge is 0.466 e. The van der Waals surface area contributed by atoms with Crippen molar-refractivity contribution >= 4 is 41.4 Å². The highest BCUT2D eigenvalue weighted by molar-refractivity contribution is 8.01. The van der Waals surface area contributed by atoms with Gasteiger partial charge in [-0.15, -0.1) is 11.8 Å². The van der Waals surface area contributed by atoms with Gasteiger partial charge in [-0.25, -0.2) is 9.59 Å². The zero-order valence-electron chi connectivity index (χ0n) is 24.0. The van der Waals surface area contributed by atoms with Gasteiger partial charge in [-0.1, -0.05) is 30.3 Å². The van der Waals surface area contributed by atoms with Crippen LogP contribution < -0.4 is 10.6 Å². The van der Waals surface area contributed by atoms with Crippen molar-refractivity contribution in [2.45, 2.75) is 63.3 Å². The number of hydrogen-bond donors (Lipinski definition) is 2. The Labute approximate surface area is 245 Å². The van der Waals surface area contributed by atoms with Crippen molar-refractivity contribution in [3.8, 4) is 0 Å². The third-order valence-electron chi connectivity index (χ3n) is 6.42. The molecule has 1 heterocycles. The summed E-state index contributed by atoms with van der Waals surface area (Å²) in [6.07, 6.45) is -0.277. The Balaban J connectivity index is 1.50. The first-order valence-corrected chi connectivity index (χ1v) is 14.6. The molecule has 2 aromatic carbocycles. The first-order chi connectivity index (χ1) is 19.6. The van der Waals surface area contributed by atoms with E-state index in [1.165, 1.54) is 0 Å². The lowest BCUT2D eigenvalue weighted by molar-refractivity contribution is -0.146. The predicted molar refractivity (Wildman–Crippen MR) is 157 cm³/mol. The fourth-order valence-corrected chi connectivity index (χ4v) is 5.81. The highest BCUT2D eigenvalue weighted by atomic mass is 32.2. The lowest BCUT2D eigenvalue weighted by Crippen LogP contribution is -2.42. The average Bonchev–Trinajstić information content (AvgIpc) is 3.27. The van der Waals surface area contributed by atoms with Gasteiger partial charge in [0, 0.05) is 36.0 Å². The maximum absolute atomic E-state index is 12.8. The van der Waals surface area contributed by atoms with Crippen molar-refractivity contribution < 1.29 is 33.4 Å². The molecule has 0 saturated carbocycles. The Kier molecular flexibility index (Phi) is 11.9. The summed E-state index contributed by atoms with van der Waals surface area (Å²) in [6.45, 7) is 9.17. The molecular weight excluding hydrogens is 546 g/mol. The highest BCUT2D eigenvalue weighted by Gasteiger charge is 2.42. The lowest BCUT2D eigenvalue weighted by Gasteiger charge is -2.29.